The van der Waals surface area contributed by atoms with Gasteiger partial charge in [0.1, 0.15) is 23.9 Å². The number of halogens is 1. The molecule has 7 heteroatoms. The van der Waals surface area contributed by atoms with E-state index in [2.05, 4.69) is 12.2 Å². The number of nitrogens with one attached hydrogen (secondary N) is 1. The monoisotopic (exact) mass is 467 g/mol. The molecule has 0 amide bonds. The van der Waals surface area contributed by atoms with Crippen LogP contribution in [-0.4, -0.2) is 40.5 Å². The minimum Gasteiger partial charge on any atom is -0.508 e. The summed E-state index contributed by atoms with van der Waals surface area (Å²) >= 11 is 0. The summed E-state index contributed by atoms with van der Waals surface area (Å²) in [6, 6.07) is 16.0. The van der Waals surface area contributed by atoms with Crippen molar-refractivity contribution in [2.24, 2.45) is 0 Å². The zero-order valence-corrected chi connectivity index (χ0v) is 19.3. The summed E-state index contributed by atoms with van der Waals surface area (Å²) in [6.45, 7) is 4.85. The maximum Gasteiger partial charge on any atom is 0.338 e. The van der Waals surface area contributed by atoms with Gasteiger partial charge in [-0.2, -0.15) is 0 Å². The fourth-order valence-corrected chi connectivity index (χ4v) is 3.75. The average Bonchev–Trinajstić information content (AvgIpc) is 2.82. The molecule has 4 N–H and O–H groups in total. The van der Waals surface area contributed by atoms with Crippen LogP contribution >= 0.6 is 0 Å². The number of aromatic carboxylic acids is 1. The molecule has 0 saturated carbocycles. The van der Waals surface area contributed by atoms with Crippen molar-refractivity contribution in [1.29, 1.82) is 0 Å². The lowest BCUT2D eigenvalue weighted by Crippen LogP contribution is -2.35. The summed E-state index contributed by atoms with van der Waals surface area (Å²) < 4.78 is 20.1. The number of carboxylic acids is 1. The molecule has 0 aliphatic heterocycles. The minimum atomic E-state index is -1.29. The Balaban J connectivity index is 1.62. The number of hydrogen-bond acceptors (Lipinski definition) is 5. The van der Waals surface area contributed by atoms with Gasteiger partial charge in [0.2, 0.25) is 0 Å². The molecule has 34 heavy (non-hydrogen) atoms. The first kappa shape index (κ1) is 25.2. The number of rotatable bonds is 11. The van der Waals surface area contributed by atoms with Crippen molar-refractivity contribution in [2.75, 3.05) is 13.2 Å². The predicted octanol–water partition coefficient (Wildman–Crippen LogP) is 4.94. The fraction of sp³-hybridized carbons (Fsp3) is 0.296. The Labute approximate surface area is 198 Å². The van der Waals surface area contributed by atoms with Crippen LogP contribution in [0.15, 0.2) is 60.7 Å². The van der Waals surface area contributed by atoms with E-state index in [0.717, 1.165) is 29.7 Å². The van der Waals surface area contributed by atoms with Crippen LogP contribution in [-0.2, 0) is 6.42 Å². The van der Waals surface area contributed by atoms with E-state index in [1.807, 2.05) is 25.1 Å². The molecule has 0 saturated heterocycles. The van der Waals surface area contributed by atoms with Gasteiger partial charge in [0, 0.05) is 12.6 Å². The Hall–Kier alpha value is -3.42. The van der Waals surface area contributed by atoms with Gasteiger partial charge in [-0.25, -0.2) is 9.18 Å². The summed E-state index contributed by atoms with van der Waals surface area (Å²) in [5, 5.41) is 32.1. The van der Waals surface area contributed by atoms with Crippen molar-refractivity contribution in [1.82, 2.24) is 5.32 Å². The molecule has 0 spiro atoms. The third-order valence-electron chi connectivity index (χ3n) is 5.65. The van der Waals surface area contributed by atoms with Crippen LogP contribution in [0.25, 0.3) is 11.1 Å². The number of phenolic OH excluding ortho intramolecular Hbond substituents is 1. The number of aromatic hydroxyl groups is 1. The number of aliphatic hydroxyl groups excluding tert-OH is 1. The third-order valence-corrected chi connectivity index (χ3v) is 5.65. The molecule has 3 rings (SSSR count). The van der Waals surface area contributed by atoms with E-state index in [4.69, 9.17) is 9.84 Å². The maximum absolute atomic E-state index is 14.1. The number of carboxylic acid groups (broad SMARTS) is 1. The lowest BCUT2D eigenvalue weighted by molar-refractivity contribution is 0.0692. The van der Waals surface area contributed by atoms with E-state index in [-0.39, 0.29) is 17.4 Å². The second-order valence-electron chi connectivity index (χ2n) is 8.20. The maximum atomic E-state index is 14.1. The SMILES string of the molecule is CCCc1cc(-c2ccc(C(=O)O)c(F)c2)ccc1OCCN[C@@H](C)[C@H](O)c1ccc(O)cc1. The van der Waals surface area contributed by atoms with Crippen LogP contribution in [0, 0.1) is 5.82 Å². The van der Waals surface area contributed by atoms with Crippen LogP contribution in [0.1, 0.15) is 47.9 Å². The number of hydrogen-bond donors (Lipinski definition) is 4. The highest BCUT2D eigenvalue weighted by Crippen LogP contribution is 2.29. The van der Waals surface area contributed by atoms with E-state index in [1.54, 1.807) is 30.3 Å². The summed E-state index contributed by atoms with van der Waals surface area (Å²) in [5.74, 6) is -1.17. The Morgan fingerprint density at radius 2 is 1.74 bits per heavy atom. The van der Waals surface area contributed by atoms with Gasteiger partial charge in [0.15, 0.2) is 0 Å². The van der Waals surface area contributed by atoms with Gasteiger partial charge in [-0.1, -0.05) is 37.6 Å². The van der Waals surface area contributed by atoms with E-state index < -0.39 is 17.9 Å². The molecule has 0 heterocycles. The summed E-state index contributed by atoms with van der Waals surface area (Å²) in [4.78, 5) is 11.1. The fourth-order valence-electron chi connectivity index (χ4n) is 3.75. The van der Waals surface area contributed by atoms with Crippen molar-refractivity contribution in [3.63, 3.8) is 0 Å². The quantitative estimate of drug-likeness (QED) is 0.298. The van der Waals surface area contributed by atoms with Gasteiger partial charge < -0.3 is 25.4 Å². The van der Waals surface area contributed by atoms with Crippen molar-refractivity contribution >= 4 is 5.97 Å². The third kappa shape index (κ3) is 6.34. The summed E-state index contributed by atoms with van der Waals surface area (Å²) in [6.07, 6.45) is 0.964. The standard InChI is InChI=1S/C27H30FNO5/c1-3-4-21-15-19(20-7-11-23(27(32)33)24(28)16-20)8-12-25(21)34-14-13-29-17(2)26(31)18-5-9-22(30)10-6-18/h5-12,15-17,26,29-31H,3-4,13-14H2,1-2H3,(H,32,33)/t17-,26-/m0/s1. The second-order valence-corrected chi connectivity index (χ2v) is 8.20. The Morgan fingerprint density at radius 3 is 2.38 bits per heavy atom. The minimum absolute atomic E-state index is 0.154. The number of phenols is 1. The van der Waals surface area contributed by atoms with Gasteiger partial charge in [0.25, 0.3) is 0 Å². The molecule has 3 aromatic rings. The van der Waals surface area contributed by atoms with Crippen LogP contribution in [0.2, 0.25) is 0 Å². The average molecular weight is 468 g/mol. The first-order chi connectivity index (χ1) is 16.3. The smallest absolute Gasteiger partial charge is 0.338 e. The number of ether oxygens (including phenoxy) is 1. The number of aryl methyl sites for hydroxylation is 1. The molecular weight excluding hydrogens is 437 g/mol. The Morgan fingerprint density at radius 1 is 1.06 bits per heavy atom. The molecule has 180 valence electrons. The Kier molecular flexibility index (Phi) is 8.62. The largest absolute Gasteiger partial charge is 0.508 e. The van der Waals surface area contributed by atoms with E-state index >= 15 is 0 Å². The van der Waals surface area contributed by atoms with Gasteiger partial charge in [-0.3, -0.25) is 0 Å². The molecule has 3 aromatic carbocycles. The van der Waals surface area contributed by atoms with Gasteiger partial charge in [-0.05, 0) is 72.0 Å². The van der Waals surface area contributed by atoms with Crippen molar-refractivity contribution in [2.45, 2.75) is 38.8 Å². The van der Waals surface area contributed by atoms with E-state index in [1.165, 1.54) is 12.1 Å². The predicted molar refractivity (Wildman–Crippen MR) is 129 cm³/mol. The molecule has 0 aromatic heterocycles. The molecular formula is C27H30FNO5. The molecule has 0 unspecified atom stereocenters. The van der Waals surface area contributed by atoms with E-state index in [9.17, 15) is 19.4 Å². The second kappa shape index (κ2) is 11.6. The summed E-state index contributed by atoms with van der Waals surface area (Å²) in [7, 11) is 0. The van der Waals surface area contributed by atoms with Gasteiger partial charge in [-0.15, -0.1) is 0 Å². The van der Waals surface area contributed by atoms with Crippen molar-refractivity contribution in [3.05, 3.63) is 83.2 Å². The van der Waals surface area contributed by atoms with Crippen molar-refractivity contribution < 1.29 is 29.2 Å². The zero-order valence-electron chi connectivity index (χ0n) is 19.3. The van der Waals surface area contributed by atoms with Crippen molar-refractivity contribution in [3.8, 4) is 22.6 Å². The molecule has 0 aliphatic carbocycles. The van der Waals surface area contributed by atoms with Gasteiger partial charge >= 0.3 is 5.97 Å². The first-order valence-electron chi connectivity index (χ1n) is 11.3. The normalized spacial score (nSPS) is 12.8. The van der Waals surface area contributed by atoms with Crippen LogP contribution < -0.4 is 10.1 Å². The highest BCUT2D eigenvalue weighted by atomic mass is 19.1. The summed E-state index contributed by atoms with van der Waals surface area (Å²) in [5.41, 5.74) is 2.74. The van der Waals surface area contributed by atoms with E-state index in [0.29, 0.717) is 24.3 Å². The number of benzene rings is 3. The van der Waals surface area contributed by atoms with Gasteiger partial charge in [0.05, 0.1) is 11.7 Å². The highest BCUT2D eigenvalue weighted by molar-refractivity contribution is 5.88. The highest BCUT2D eigenvalue weighted by Gasteiger charge is 2.16. The van der Waals surface area contributed by atoms with Crippen LogP contribution in [0.5, 0.6) is 11.5 Å². The topological polar surface area (TPSA) is 99.0 Å². The Bertz CT molecular complexity index is 1120. The van der Waals surface area contributed by atoms with Crippen LogP contribution in [0.4, 0.5) is 4.39 Å². The molecule has 0 bridgehead atoms. The molecule has 0 aliphatic rings. The number of carbonyl (C=O) groups is 1. The lowest BCUT2D eigenvalue weighted by atomic mass is 9.99. The lowest BCUT2D eigenvalue weighted by Gasteiger charge is -2.21. The zero-order chi connectivity index (χ0) is 24.7. The molecule has 0 fully saturated rings. The molecule has 6 nitrogen and oxygen atoms in total. The number of aliphatic hydroxyl groups is 1. The molecule has 2 atom stereocenters. The molecule has 0 radical (unpaired) electrons. The first-order valence-corrected chi connectivity index (χ1v) is 11.3. The van der Waals surface area contributed by atoms with Crippen LogP contribution in [0.3, 0.4) is 0 Å².